The average Bonchev–Trinajstić information content (AvgIpc) is 2.41. The molecule has 1 fully saturated rings. The molecule has 0 saturated carbocycles. The van der Waals surface area contributed by atoms with Gasteiger partial charge in [-0.1, -0.05) is 12.1 Å². The highest BCUT2D eigenvalue weighted by atomic mass is 127. The van der Waals surface area contributed by atoms with Gasteiger partial charge in [-0.3, -0.25) is 4.79 Å². The van der Waals surface area contributed by atoms with Crippen molar-refractivity contribution >= 4 is 40.9 Å². The maximum atomic E-state index is 12.5. The van der Waals surface area contributed by atoms with Crippen molar-refractivity contribution in [3.63, 3.8) is 0 Å². The summed E-state index contributed by atoms with van der Waals surface area (Å²) in [5, 5.41) is 0. The Hall–Kier alpha value is -0.370. The first-order valence-electron chi connectivity index (χ1n) is 5.99. The lowest BCUT2D eigenvalue weighted by Crippen LogP contribution is -2.48. The third kappa shape index (κ3) is 3.81. The molecular weight excluding hydrogens is 379 g/mol. The second-order valence-electron chi connectivity index (χ2n) is 4.42. The van der Waals surface area contributed by atoms with E-state index in [0.717, 1.165) is 14.7 Å². The van der Waals surface area contributed by atoms with Crippen LogP contribution in [0.15, 0.2) is 18.2 Å². The number of ether oxygens (including phenoxy) is 1. The summed E-state index contributed by atoms with van der Waals surface area (Å²) in [5.41, 5.74) is 7.50. The molecule has 2 rings (SSSR count). The fourth-order valence-electron chi connectivity index (χ4n) is 2.03. The highest BCUT2D eigenvalue weighted by Gasteiger charge is 2.25. The lowest BCUT2D eigenvalue weighted by molar-refractivity contribution is -0.0167. The van der Waals surface area contributed by atoms with Gasteiger partial charge in [0.25, 0.3) is 5.91 Å². The van der Waals surface area contributed by atoms with Gasteiger partial charge in [0.05, 0.1) is 18.3 Å². The molecule has 6 heteroatoms. The van der Waals surface area contributed by atoms with Crippen LogP contribution in [0.2, 0.25) is 0 Å². The van der Waals surface area contributed by atoms with Crippen molar-refractivity contribution in [1.29, 1.82) is 0 Å². The molecular formula is C13H18ClIN2O2. The van der Waals surface area contributed by atoms with Gasteiger partial charge < -0.3 is 15.4 Å². The van der Waals surface area contributed by atoms with Crippen molar-refractivity contribution in [2.24, 2.45) is 5.73 Å². The van der Waals surface area contributed by atoms with Crippen LogP contribution in [0.25, 0.3) is 0 Å². The molecule has 106 valence electrons. The van der Waals surface area contributed by atoms with Crippen molar-refractivity contribution in [3.8, 4) is 0 Å². The van der Waals surface area contributed by atoms with Crippen LogP contribution in [0.3, 0.4) is 0 Å². The quantitative estimate of drug-likeness (QED) is 0.776. The molecule has 1 unspecified atom stereocenters. The second kappa shape index (κ2) is 7.42. The van der Waals surface area contributed by atoms with Crippen LogP contribution < -0.4 is 5.73 Å². The maximum Gasteiger partial charge on any atom is 0.255 e. The molecule has 0 aliphatic carbocycles. The fraction of sp³-hybridized carbons (Fsp3) is 0.462. The van der Waals surface area contributed by atoms with E-state index in [1.165, 1.54) is 0 Å². The van der Waals surface area contributed by atoms with Gasteiger partial charge in [-0.15, -0.1) is 12.4 Å². The number of carbonyl (C=O) groups is 1. The first kappa shape index (κ1) is 16.7. The molecule has 1 aromatic rings. The number of hydrogen-bond donors (Lipinski definition) is 1. The van der Waals surface area contributed by atoms with Crippen LogP contribution in [0.1, 0.15) is 15.9 Å². The van der Waals surface area contributed by atoms with Gasteiger partial charge in [0.15, 0.2) is 0 Å². The zero-order valence-electron chi connectivity index (χ0n) is 10.8. The Kier molecular flexibility index (Phi) is 6.52. The van der Waals surface area contributed by atoms with Gasteiger partial charge in [0.2, 0.25) is 0 Å². The van der Waals surface area contributed by atoms with Gasteiger partial charge in [0.1, 0.15) is 0 Å². The van der Waals surface area contributed by atoms with E-state index < -0.39 is 0 Å². The molecule has 0 radical (unpaired) electrons. The van der Waals surface area contributed by atoms with E-state index in [-0.39, 0.29) is 24.4 Å². The summed E-state index contributed by atoms with van der Waals surface area (Å²) >= 11 is 2.23. The monoisotopic (exact) mass is 396 g/mol. The summed E-state index contributed by atoms with van der Waals surface area (Å²) < 4.78 is 6.50. The Morgan fingerprint density at radius 2 is 2.32 bits per heavy atom. The highest BCUT2D eigenvalue weighted by molar-refractivity contribution is 14.1. The Morgan fingerprint density at radius 3 is 3.00 bits per heavy atom. The maximum absolute atomic E-state index is 12.5. The van der Waals surface area contributed by atoms with Crippen LogP contribution in [-0.2, 0) is 4.74 Å². The Bertz CT molecular complexity index is 456. The second-order valence-corrected chi connectivity index (χ2v) is 5.49. The minimum Gasteiger partial charge on any atom is -0.373 e. The number of nitrogens with zero attached hydrogens (tertiary/aromatic N) is 1. The third-order valence-electron chi connectivity index (χ3n) is 3.11. The van der Waals surface area contributed by atoms with Crippen molar-refractivity contribution in [2.75, 3.05) is 26.2 Å². The molecule has 0 bridgehead atoms. The summed E-state index contributed by atoms with van der Waals surface area (Å²) in [5.74, 6) is 0.0739. The molecule has 0 aromatic heterocycles. The van der Waals surface area contributed by atoms with Gasteiger partial charge >= 0.3 is 0 Å². The van der Waals surface area contributed by atoms with Gasteiger partial charge in [-0.2, -0.15) is 0 Å². The normalized spacial score (nSPS) is 18.9. The predicted octanol–water partition coefficient (Wildman–Crippen LogP) is 1.82. The zero-order valence-corrected chi connectivity index (χ0v) is 13.7. The van der Waals surface area contributed by atoms with Crippen molar-refractivity contribution in [2.45, 2.75) is 13.0 Å². The van der Waals surface area contributed by atoms with Crippen molar-refractivity contribution in [1.82, 2.24) is 4.90 Å². The number of carbonyl (C=O) groups excluding carboxylic acids is 1. The number of morpholine rings is 1. The molecule has 1 saturated heterocycles. The molecule has 1 aromatic carbocycles. The smallest absolute Gasteiger partial charge is 0.255 e. The van der Waals surface area contributed by atoms with Crippen LogP contribution in [-0.4, -0.2) is 43.2 Å². The van der Waals surface area contributed by atoms with E-state index in [2.05, 4.69) is 22.6 Å². The van der Waals surface area contributed by atoms with Crippen LogP contribution >= 0.6 is 35.0 Å². The van der Waals surface area contributed by atoms with Crippen molar-refractivity contribution < 1.29 is 9.53 Å². The Balaban J connectivity index is 0.00000180. The number of hydrogen-bond acceptors (Lipinski definition) is 3. The minimum absolute atomic E-state index is 0. The zero-order chi connectivity index (χ0) is 13.1. The Morgan fingerprint density at radius 1 is 1.58 bits per heavy atom. The lowest BCUT2D eigenvalue weighted by atomic mass is 10.1. The van der Waals surface area contributed by atoms with E-state index in [0.29, 0.717) is 26.2 Å². The van der Waals surface area contributed by atoms with E-state index >= 15 is 0 Å². The topological polar surface area (TPSA) is 55.6 Å². The largest absolute Gasteiger partial charge is 0.373 e. The molecule has 0 spiro atoms. The van der Waals surface area contributed by atoms with Crippen LogP contribution in [0.4, 0.5) is 0 Å². The molecule has 4 nitrogen and oxygen atoms in total. The molecule has 1 aliphatic heterocycles. The summed E-state index contributed by atoms with van der Waals surface area (Å²) in [4.78, 5) is 14.3. The standard InChI is InChI=1S/C13H17IN2O2.ClH/c1-9-3-2-4-11(12(9)14)13(17)16-5-6-18-10(7-15)8-16;/h2-4,10H,5-8,15H2,1H3;1H. The molecule has 1 amide bonds. The lowest BCUT2D eigenvalue weighted by Gasteiger charge is -2.32. The first-order chi connectivity index (χ1) is 8.63. The number of halogens is 2. The van der Waals surface area contributed by atoms with E-state index in [1.54, 1.807) is 0 Å². The van der Waals surface area contributed by atoms with Gasteiger partial charge in [-0.05, 0) is 41.1 Å². The van der Waals surface area contributed by atoms with Gasteiger partial charge in [-0.25, -0.2) is 0 Å². The number of rotatable bonds is 2. The summed E-state index contributed by atoms with van der Waals surface area (Å²) in [6.07, 6.45) is -0.0369. The third-order valence-corrected chi connectivity index (χ3v) is 4.54. The van der Waals surface area contributed by atoms with E-state index in [1.807, 2.05) is 30.0 Å². The summed E-state index contributed by atoms with van der Waals surface area (Å²) in [6.45, 7) is 4.25. The minimum atomic E-state index is -0.0369. The highest BCUT2D eigenvalue weighted by Crippen LogP contribution is 2.19. The van der Waals surface area contributed by atoms with Crippen molar-refractivity contribution in [3.05, 3.63) is 32.9 Å². The predicted molar refractivity (Wildman–Crippen MR) is 85.8 cm³/mol. The molecule has 1 atom stereocenters. The van der Waals surface area contributed by atoms with Gasteiger partial charge in [0, 0.05) is 23.2 Å². The number of aryl methyl sites for hydroxylation is 1. The number of benzene rings is 1. The molecule has 19 heavy (non-hydrogen) atoms. The van der Waals surface area contributed by atoms with E-state index in [4.69, 9.17) is 10.5 Å². The SMILES string of the molecule is Cc1cccc(C(=O)N2CCOC(CN)C2)c1I.Cl. The number of amides is 1. The average molecular weight is 397 g/mol. The first-order valence-corrected chi connectivity index (χ1v) is 7.07. The molecule has 2 N–H and O–H groups in total. The van der Waals surface area contributed by atoms with E-state index in [9.17, 15) is 4.79 Å². The van der Waals surface area contributed by atoms with Crippen LogP contribution in [0.5, 0.6) is 0 Å². The Labute approximate surface area is 133 Å². The summed E-state index contributed by atoms with van der Waals surface area (Å²) in [7, 11) is 0. The van der Waals surface area contributed by atoms with Crippen LogP contribution in [0, 0.1) is 10.5 Å². The number of nitrogens with two attached hydrogens (primary N) is 1. The fourth-order valence-corrected chi connectivity index (χ4v) is 2.62. The summed E-state index contributed by atoms with van der Waals surface area (Å²) in [6, 6.07) is 5.82. The molecule has 1 heterocycles. The molecule has 1 aliphatic rings.